The number of hydrogen-bond acceptors (Lipinski definition) is 5. The van der Waals surface area contributed by atoms with E-state index in [0.717, 1.165) is 5.56 Å². The van der Waals surface area contributed by atoms with Crippen molar-refractivity contribution in [2.75, 3.05) is 24.7 Å². The second kappa shape index (κ2) is 7.42. The summed E-state index contributed by atoms with van der Waals surface area (Å²) < 4.78 is 17.0. The molecule has 7 nitrogen and oxygen atoms in total. The van der Waals surface area contributed by atoms with Gasteiger partial charge in [-0.1, -0.05) is 18.2 Å². The van der Waals surface area contributed by atoms with Crippen LogP contribution in [0.15, 0.2) is 42.5 Å². The van der Waals surface area contributed by atoms with E-state index in [1.165, 1.54) is 6.92 Å². The molecular formula is C21H22N2O5. The Morgan fingerprint density at radius 3 is 2.61 bits per heavy atom. The zero-order valence-electron chi connectivity index (χ0n) is 15.8. The largest absolute Gasteiger partial charge is 0.486 e. The Labute approximate surface area is 163 Å². The topological polar surface area (TPSA) is 77.1 Å². The first-order valence-corrected chi connectivity index (χ1v) is 9.26. The predicted octanol–water partition coefficient (Wildman–Crippen LogP) is 2.45. The molecule has 2 aromatic carbocycles. The van der Waals surface area contributed by atoms with Crippen molar-refractivity contribution in [3.63, 3.8) is 0 Å². The highest BCUT2D eigenvalue weighted by molar-refractivity contribution is 5.95. The number of ether oxygens (including phenoxy) is 3. The van der Waals surface area contributed by atoms with Crippen LogP contribution in [0.1, 0.15) is 25.5 Å². The number of rotatable bonds is 3. The Kier molecular flexibility index (Phi) is 4.81. The minimum atomic E-state index is -0.779. The number of carbonyl (C=O) groups excluding carboxylic acids is 2. The van der Waals surface area contributed by atoms with Crippen LogP contribution in [-0.4, -0.2) is 37.7 Å². The van der Waals surface area contributed by atoms with Crippen molar-refractivity contribution in [1.29, 1.82) is 0 Å². The normalized spacial score (nSPS) is 18.5. The van der Waals surface area contributed by atoms with Gasteiger partial charge in [0.25, 0.3) is 5.91 Å². The van der Waals surface area contributed by atoms with Gasteiger partial charge in [-0.3, -0.25) is 9.59 Å². The van der Waals surface area contributed by atoms with E-state index in [1.54, 1.807) is 11.0 Å². The van der Waals surface area contributed by atoms with Crippen LogP contribution in [0.3, 0.4) is 0 Å². The van der Waals surface area contributed by atoms with E-state index in [2.05, 4.69) is 5.32 Å². The van der Waals surface area contributed by atoms with Crippen LogP contribution in [0.2, 0.25) is 0 Å². The van der Waals surface area contributed by atoms with Crippen molar-refractivity contribution in [2.45, 2.75) is 26.0 Å². The molecule has 2 aliphatic heterocycles. The first kappa shape index (κ1) is 18.2. The van der Waals surface area contributed by atoms with E-state index in [4.69, 9.17) is 14.2 Å². The summed E-state index contributed by atoms with van der Waals surface area (Å²) in [5.41, 5.74) is 1.58. The maximum atomic E-state index is 12.8. The zero-order valence-corrected chi connectivity index (χ0v) is 15.8. The number of anilines is 1. The molecule has 146 valence electrons. The Hall–Kier alpha value is -3.22. The molecule has 28 heavy (non-hydrogen) atoms. The molecule has 2 atom stereocenters. The molecule has 0 bridgehead atoms. The molecule has 0 radical (unpaired) electrons. The molecule has 0 aliphatic carbocycles. The number of amides is 2. The molecule has 0 fully saturated rings. The highest BCUT2D eigenvalue weighted by atomic mass is 16.6. The summed E-state index contributed by atoms with van der Waals surface area (Å²) in [4.78, 5) is 26.4. The number of para-hydroxylation sites is 2. The average molecular weight is 382 g/mol. The first-order valence-electron chi connectivity index (χ1n) is 9.26. The zero-order chi connectivity index (χ0) is 19.7. The summed E-state index contributed by atoms with van der Waals surface area (Å²) in [7, 11) is 0. The van der Waals surface area contributed by atoms with Crippen LogP contribution < -0.4 is 24.4 Å². The Morgan fingerprint density at radius 2 is 1.82 bits per heavy atom. The number of carbonyl (C=O) groups is 2. The fraction of sp³-hybridized carbons (Fsp3) is 0.333. The molecule has 7 heteroatoms. The maximum absolute atomic E-state index is 12.8. The number of fused-ring (bicyclic) bond motifs is 2. The van der Waals surface area contributed by atoms with Gasteiger partial charge in [0.2, 0.25) is 5.91 Å². The van der Waals surface area contributed by atoms with Gasteiger partial charge in [0, 0.05) is 6.92 Å². The van der Waals surface area contributed by atoms with Gasteiger partial charge in [-0.25, -0.2) is 0 Å². The van der Waals surface area contributed by atoms with Crippen molar-refractivity contribution in [3.8, 4) is 17.2 Å². The van der Waals surface area contributed by atoms with Gasteiger partial charge < -0.3 is 24.4 Å². The highest BCUT2D eigenvalue weighted by Gasteiger charge is 2.33. The second-order valence-corrected chi connectivity index (χ2v) is 6.84. The molecule has 0 aromatic heterocycles. The summed E-state index contributed by atoms with van der Waals surface area (Å²) in [5.74, 6) is 1.50. The van der Waals surface area contributed by atoms with Crippen LogP contribution in [0, 0.1) is 0 Å². The number of hydrogen-bond donors (Lipinski definition) is 1. The summed E-state index contributed by atoms with van der Waals surface area (Å²) in [6, 6.07) is 12.6. The number of nitrogens with one attached hydrogen (secondary N) is 1. The van der Waals surface area contributed by atoms with E-state index < -0.39 is 6.10 Å². The predicted molar refractivity (Wildman–Crippen MR) is 103 cm³/mol. The van der Waals surface area contributed by atoms with E-state index in [0.29, 0.717) is 36.1 Å². The fourth-order valence-corrected chi connectivity index (χ4v) is 3.39. The Bertz CT molecular complexity index is 913. The van der Waals surface area contributed by atoms with Crippen LogP contribution in [0.25, 0.3) is 0 Å². The molecule has 2 heterocycles. The highest BCUT2D eigenvalue weighted by Crippen LogP contribution is 2.34. The monoisotopic (exact) mass is 382 g/mol. The van der Waals surface area contributed by atoms with Gasteiger partial charge in [-0.15, -0.1) is 0 Å². The Morgan fingerprint density at radius 1 is 1.07 bits per heavy atom. The van der Waals surface area contributed by atoms with Gasteiger partial charge in [0.1, 0.15) is 19.0 Å². The van der Waals surface area contributed by atoms with Crippen LogP contribution in [-0.2, 0) is 9.59 Å². The van der Waals surface area contributed by atoms with Gasteiger partial charge in [-0.2, -0.15) is 0 Å². The molecule has 2 amide bonds. The molecular weight excluding hydrogens is 360 g/mol. The SMILES string of the molecule is CC(=O)N1C[C@@H](C(=O)N[C@H](C)c2ccc3c(c2)OCCO3)Oc2ccccc21. The third-order valence-corrected chi connectivity index (χ3v) is 4.87. The summed E-state index contributed by atoms with van der Waals surface area (Å²) in [6.07, 6.45) is -0.779. The summed E-state index contributed by atoms with van der Waals surface area (Å²) >= 11 is 0. The molecule has 1 N–H and O–H groups in total. The molecule has 0 unspecified atom stereocenters. The summed E-state index contributed by atoms with van der Waals surface area (Å²) in [5, 5.41) is 2.96. The quantitative estimate of drug-likeness (QED) is 0.882. The lowest BCUT2D eigenvalue weighted by atomic mass is 10.1. The molecule has 4 rings (SSSR count). The van der Waals surface area contributed by atoms with Crippen molar-refractivity contribution in [2.24, 2.45) is 0 Å². The average Bonchev–Trinajstić information content (AvgIpc) is 2.72. The molecule has 2 aromatic rings. The van der Waals surface area contributed by atoms with E-state index in [9.17, 15) is 9.59 Å². The van der Waals surface area contributed by atoms with Gasteiger partial charge in [0.15, 0.2) is 17.6 Å². The van der Waals surface area contributed by atoms with Crippen LogP contribution >= 0.6 is 0 Å². The lowest BCUT2D eigenvalue weighted by molar-refractivity contribution is -0.129. The minimum absolute atomic E-state index is 0.131. The van der Waals surface area contributed by atoms with Gasteiger partial charge in [0.05, 0.1) is 18.3 Å². The van der Waals surface area contributed by atoms with Gasteiger partial charge in [-0.05, 0) is 36.8 Å². The van der Waals surface area contributed by atoms with Crippen LogP contribution in [0.4, 0.5) is 5.69 Å². The molecule has 2 aliphatic rings. The van der Waals surface area contributed by atoms with Crippen molar-refractivity contribution in [3.05, 3.63) is 48.0 Å². The Balaban J connectivity index is 1.48. The standard InChI is InChI=1S/C21H22N2O5/c1-13(15-7-8-18-19(11-15)27-10-9-26-18)22-21(25)20-12-23(14(2)24)16-5-3-4-6-17(16)28-20/h3-8,11,13,20H,9-10,12H2,1-2H3,(H,22,25)/t13-,20+/m1/s1. The first-order chi connectivity index (χ1) is 13.5. The number of benzene rings is 2. The van der Waals surface area contributed by atoms with Crippen molar-refractivity contribution >= 4 is 17.5 Å². The second-order valence-electron chi connectivity index (χ2n) is 6.84. The smallest absolute Gasteiger partial charge is 0.263 e. The third kappa shape index (κ3) is 3.47. The maximum Gasteiger partial charge on any atom is 0.263 e. The lowest BCUT2D eigenvalue weighted by Crippen LogP contribution is -2.50. The van der Waals surface area contributed by atoms with Gasteiger partial charge >= 0.3 is 0 Å². The van der Waals surface area contributed by atoms with E-state index in [1.807, 2.05) is 43.3 Å². The van der Waals surface area contributed by atoms with E-state index >= 15 is 0 Å². The third-order valence-electron chi connectivity index (χ3n) is 4.87. The molecule has 0 saturated heterocycles. The van der Waals surface area contributed by atoms with Crippen molar-refractivity contribution < 1.29 is 23.8 Å². The minimum Gasteiger partial charge on any atom is -0.486 e. The lowest BCUT2D eigenvalue weighted by Gasteiger charge is -2.34. The summed E-state index contributed by atoms with van der Waals surface area (Å²) in [6.45, 7) is 4.59. The van der Waals surface area contributed by atoms with Crippen molar-refractivity contribution in [1.82, 2.24) is 5.32 Å². The number of nitrogens with zero attached hydrogens (tertiary/aromatic N) is 1. The fourth-order valence-electron chi connectivity index (χ4n) is 3.39. The van der Waals surface area contributed by atoms with Crippen LogP contribution in [0.5, 0.6) is 17.2 Å². The molecule has 0 spiro atoms. The van der Waals surface area contributed by atoms with E-state index in [-0.39, 0.29) is 24.4 Å². The molecule has 0 saturated carbocycles.